The van der Waals surface area contributed by atoms with Gasteiger partial charge in [0.1, 0.15) is 5.60 Å². The summed E-state index contributed by atoms with van der Waals surface area (Å²) in [6.45, 7) is 5.85. The Balaban J connectivity index is 1.76. The highest BCUT2D eigenvalue weighted by atomic mass is 16.6. The van der Waals surface area contributed by atoms with Gasteiger partial charge in [0.2, 0.25) is 11.8 Å². The van der Waals surface area contributed by atoms with E-state index in [0.29, 0.717) is 6.54 Å². The molecule has 1 saturated carbocycles. The second kappa shape index (κ2) is 10.1. The quantitative estimate of drug-likeness (QED) is 0.666. The molecule has 3 amide bonds. The van der Waals surface area contributed by atoms with Crippen molar-refractivity contribution in [3.63, 3.8) is 0 Å². The molecule has 0 radical (unpaired) electrons. The first-order chi connectivity index (χ1) is 13.2. The highest BCUT2D eigenvalue weighted by Crippen LogP contribution is 2.26. The van der Waals surface area contributed by atoms with Crippen LogP contribution >= 0.6 is 0 Å². The Morgan fingerprint density at radius 2 is 1.75 bits per heavy atom. The number of amides is 3. The number of carbonyl (C=O) groups excluding carboxylic acids is 3. The molecule has 3 N–H and O–H groups in total. The Hall–Kier alpha value is -2.57. The van der Waals surface area contributed by atoms with Crippen LogP contribution < -0.4 is 16.0 Å². The van der Waals surface area contributed by atoms with Crippen LogP contribution in [0.1, 0.15) is 58.4 Å². The lowest BCUT2D eigenvalue weighted by atomic mass is 10.1. The first-order valence-electron chi connectivity index (χ1n) is 9.87. The van der Waals surface area contributed by atoms with E-state index in [0.717, 1.165) is 36.9 Å². The number of carbonyl (C=O) groups is 3. The van der Waals surface area contributed by atoms with Gasteiger partial charge >= 0.3 is 6.09 Å². The smallest absolute Gasteiger partial charge is 0.407 e. The van der Waals surface area contributed by atoms with Gasteiger partial charge in [-0.05, 0) is 45.2 Å². The number of ether oxygens (including phenoxy) is 1. The number of benzene rings is 1. The van der Waals surface area contributed by atoms with E-state index in [1.54, 1.807) is 20.8 Å². The Bertz CT molecular complexity index is 691. The van der Waals surface area contributed by atoms with Crippen molar-refractivity contribution in [2.45, 2.75) is 65.0 Å². The Morgan fingerprint density at radius 1 is 1.07 bits per heavy atom. The predicted molar refractivity (Wildman–Crippen MR) is 108 cm³/mol. The number of hydrogen-bond donors (Lipinski definition) is 3. The molecule has 0 unspecified atom stereocenters. The van der Waals surface area contributed by atoms with Crippen LogP contribution in [0.4, 0.5) is 10.5 Å². The van der Waals surface area contributed by atoms with Crippen molar-refractivity contribution < 1.29 is 19.1 Å². The fourth-order valence-electron chi connectivity index (χ4n) is 3.09. The second-order valence-corrected chi connectivity index (χ2v) is 8.08. The molecule has 0 spiro atoms. The van der Waals surface area contributed by atoms with E-state index in [1.807, 2.05) is 24.3 Å². The minimum absolute atomic E-state index is 0.0536. The van der Waals surface area contributed by atoms with E-state index in [2.05, 4.69) is 16.0 Å². The van der Waals surface area contributed by atoms with E-state index in [-0.39, 0.29) is 30.7 Å². The van der Waals surface area contributed by atoms with Crippen LogP contribution in [0.25, 0.3) is 0 Å². The highest BCUT2D eigenvalue weighted by molar-refractivity contribution is 5.93. The van der Waals surface area contributed by atoms with Gasteiger partial charge in [-0.1, -0.05) is 31.0 Å². The zero-order valence-corrected chi connectivity index (χ0v) is 17.0. The lowest BCUT2D eigenvalue weighted by Crippen LogP contribution is -2.35. The highest BCUT2D eigenvalue weighted by Gasteiger charge is 2.23. The SMILES string of the molecule is CC(C)(C)OC(=O)NCCC(=O)NCc1ccccc1NC(=O)C1CCCC1. The molecule has 2 rings (SSSR count). The molecule has 1 fully saturated rings. The van der Waals surface area contributed by atoms with Crippen LogP contribution in [0.5, 0.6) is 0 Å². The van der Waals surface area contributed by atoms with E-state index in [9.17, 15) is 14.4 Å². The fraction of sp³-hybridized carbons (Fsp3) is 0.571. The van der Waals surface area contributed by atoms with Crippen molar-refractivity contribution in [1.29, 1.82) is 0 Å². The maximum atomic E-state index is 12.4. The summed E-state index contributed by atoms with van der Waals surface area (Å²) < 4.78 is 5.12. The Labute approximate surface area is 166 Å². The summed E-state index contributed by atoms with van der Waals surface area (Å²) in [5, 5.41) is 8.37. The summed E-state index contributed by atoms with van der Waals surface area (Å²) >= 11 is 0. The van der Waals surface area contributed by atoms with Crippen LogP contribution in [0, 0.1) is 5.92 Å². The average molecular weight is 389 g/mol. The van der Waals surface area contributed by atoms with Gasteiger partial charge in [0.15, 0.2) is 0 Å². The largest absolute Gasteiger partial charge is 0.444 e. The van der Waals surface area contributed by atoms with Gasteiger partial charge in [-0.3, -0.25) is 9.59 Å². The normalized spacial score (nSPS) is 14.4. The molecule has 1 aromatic carbocycles. The van der Waals surface area contributed by atoms with Crippen LogP contribution in [-0.2, 0) is 20.9 Å². The monoisotopic (exact) mass is 389 g/mol. The molecular weight excluding hydrogens is 358 g/mol. The summed E-state index contributed by atoms with van der Waals surface area (Å²) in [7, 11) is 0. The van der Waals surface area contributed by atoms with Crippen molar-refractivity contribution in [2.75, 3.05) is 11.9 Å². The van der Waals surface area contributed by atoms with Crippen molar-refractivity contribution in [3.8, 4) is 0 Å². The Morgan fingerprint density at radius 3 is 2.43 bits per heavy atom. The molecule has 0 heterocycles. The summed E-state index contributed by atoms with van der Waals surface area (Å²) in [4.78, 5) is 36.0. The Kier molecular flexibility index (Phi) is 7.84. The van der Waals surface area contributed by atoms with E-state index in [4.69, 9.17) is 4.74 Å². The summed E-state index contributed by atoms with van der Waals surface area (Å²) in [5.41, 5.74) is 1.01. The summed E-state index contributed by atoms with van der Waals surface area (Å²) in [6, 6.07) is 7.46. The number of anilines is 1. The van der Waals surface area contributed by atoms with Gasteiger partial charge in [-0.15, -0.1) is 0 Å². The lowest BCUT2D eigenvalue weighted by Gasteiger charge is -2.19. The zero-order valence-electron chi connectivity index (χ0n) is 17.0. The second-order valence-electron chi connectivity index (χ2n) is 8.08. The molecule has 28 heavy (non-hydrogen) atoms. The topological polar surface area (TPSA) is 96.5 Å². The third-order valence-corrected chi connectivity index (χ3v) is 4.50. The number of nitrogens with one attached hydrogen (secondary N) is 3. The molecule has 154 valence electrons. The van der Waals surface area contributed by atoms with E-state index in [1.165, 1.54) is 0 Å². The first-order valence-corrected chi connectivity index (χ1v) is 9.87. The standard InChI is InChI=1S/C21H31N3O4/c1-21(2,3)28-20(27)22-13-12-18(25)23-14-16-10-6-7-11-17(16)24-19(26)15-8-4-5-9-15/h6-7,10-11,15H,4-5,8-9,12-14H2,1-3H3,(H,22,27)(H,23,25)(H,24,26). The molecule has 0 atom stereocenters. The zero-order chi connectivity index (χ0) is 20.6. The number of para-hydroxylation sites is 1. The van der Waals surface area contributed by atoms with Crippen molar-refractivity contribution in [2.24, 2.45) is 5.92 Å². The van der Waals surface area contributed by atoms with Crippen LogP contribution in [-0.4, -0.2) is 30.1 Å². The molecule has 1 aliphatic rings. The minimum atomic E-state index is -0.570. The minimum Gasteiger partial charge on any atom is -0.444 e. The summed E-state index contributed by atoms with van der Waals surface area (Å²) in [6.07, 6.45) is 3.70. The van der Waals surface area contributed by atoms with Gasteiger partial charge in [0, 0.05) is 31.1 Å². The molecule has 7 nitrogen and oxygen atoms in total. The molecule has 0 aliphatic heterocycles. The van der Waals surface area contributed by atoms with Crippen LogP contribution in [0.3, 0.4) is 0 Å². The molecular formula is C21H31N3O4. The number of rotatable bonds is 7. The maximum Gasteiger partial charge on any atom is 0.407 e. The summed E-state index contributed by atoms with van der Waals surface area (Å²) in [5.74, 6) is -0.0487. The van der Waals surface area contributed by atoms with Crippen molar-refractivity contribution in [1.82, 2.24) is 10.6 Å². The van der Waals surface area contributed by atoms with Gasteiger partial charge in [0.05, 0.1) is 0 Å². The van der Waals surface area contributed by atoms with Gasteiger partial charge in [-0.25, -0.2) is 4.79 Å². The van der Waals surface area contributed by atoms with Gasteiger partial charge in [0.25, 0.3) is 0 Å². The predicted octanol–water partition coefficient (Wildman–Crippen LogP) is 3.35. The van der Waals surface area contributed by atoms with E-state index < -0.39 is 11.7 Å². The molecule has 1 aliphatic carbocycles. The lowest BCUT2D eigenvalue weighted by molar-refractivity contribution is -0.121. The molecule has 0 aromatic heterocycles. The van der Waals surface area contributed by atoms with Gasteiger partial charge < -0.3 is 20.7 Å². The fourth-order valence-corrected chi connectivity index (χ4v) is 3.09. The molecule has 1 aromatic rings. The average Bonchev–Trinajstić information content (AvgIpc) is 3.14. The third kappa shape index (κ3) is 7.58. The maximum absolute atomic E-state index is 12.4. The third-order valence-electron chi connectivity index (χ3n) is 4.50. The van der Waals surface area contributed by atoms with Crippen molar-refractivity contribution >= 4 is 23.6 Å². The first kappa shape index (κ1) is 21.7. The van der Waals surface area contributed by atoms with Crippen LogP contribution in [0.2, 0.25) is 0 Å². The molecule has 0 bridgehead atoms. The number of alkyl carbamates (subject to hydrolysis) is 1. The number of hydrogen-bond acceptors (Lipinski definition) is 4. The molecule has 0 saturated heterocycles. The van der Waals surface area contributed by atoms with Crippen LogP contribution in [0.15, 0.2) is 24.3 Å². The molecule has 7 heteroatoms. The van der Waals surface area contributed by atoms with Crippen molar-refractivity contribution in [3.05, 3.63) is 29.8 Å². The van der Waals surface area contributed by atoms with E-state index >= 15 is 0 Å². The van der Waals surface area contributed by atoms with Gasteiger partial charge in [-0.2, -0.15) is 0 Å².